The van der Waals surface area contributed by atoms with E-state index >= 15 is 0 Å². The lowest BCUT2D eigenvalue weighted by molar-refractivity contribution is 0.0635. The number of nitrogens with zero attached hydrogens (tertiary/aromatic N) is 1. The van der Waals surface area contributed by atoms with Crippen molar-refractivity contribution < 1.29 is 14.3 Å². The van der Waals surface area contributed by atoms with Gasteiger partial charge in [-0.25, -0.2) is 4.79 Å². The zero-order valence-electron chi connectivity index (χ0n) is 13.7. The lowest BCUT2D eigenvalue weighted by atomic mass is 10.1. The summed E-state index contributed by atoms with van der Waals surface area (Å²) in [6, 6.07) is 6.70. The first kappa shape index (κ1) is 18.0. The van der Waals surface area contributed by atoms with Gasteiger partial charge in [0, 0.05) is 30.9 Å². The van der Waals surface area contributed by atoms with E-state index in [9.17, 15) is 9.59 Å². The fourth-order valence-corrected chi connectivity index (χ4v) is 1.86. The summed E-state index contributed by atoms with van der Waals surface area (Å²) in [6.07, 6.45) is -0.523. The molecule has 1 aromatic carbocycles. The van der Waals surface area contributed by atoms with Crippen molar-refractivity contribution in [3.63, 3.8) is 0 Å². The lowest BCUT2D eigenvalue weighted by Crippen LogP contribution is -2.35. The Kier molecular flexibility index (Phi) is 6.37. The molecule has 0 aliphatic rings. The zero-order chi connectivity index (χ0) is 16.8. The molecule has 0 aliphatic carbocycles. The Labute approximate surface area is 131 Å². The fourth-order valence-electron chi connectivity index (χ4n) is 1.86. The Morgan fingerprint density at radius 1 is 1.23 bits per heavy atom. The lowest BCUT2D eigenvalue weighted by Gasteiger charge is -2.21. The molecule has 0 bridgehead atoms. The second-order valence-electron chi connectivity index (χ2n) is 5.88. The van der Waals surface area contributed by atoms with Crippen molar-refractivity contribution in [3.8, 4) is 0 Å². The van der Waals surface area contributed by atoms with Crippen LogP contribution in [0.25, 0.3) is 0 Å². The maximum atomic E-state index is 12.2. The highest BCUT2D eigenvalue weighted by Crippen LogP contribution is 2.14. The number of anilines is 1. The molecular weight excluding hydrogens is 282 g/mol. The van der Waals surface area contributed by atoms with Crippen LogP contribution < -0.4 is 11.1 Å². The predicted molar refractivity (Wildman–Crippen MR) is 86.9 cm³/mol. The van der Waals surface area contributed by atoms with E-state index in [0.717, 1.165) is 0 Å². The normalized spacial score (nSPS) is 11.0. The summed E-state index contributed by atoms with van der Waals surface area (Å²) in [7, 11) is 0. The first-order valence-corrected chi connectivity index (χ1v) is 7.36. The minimum atomic E-state index is -0.552. The monoisotopic (exact) mass is 307 g/mol. The van der Waals surface area contributed by atoms with Crippen LogP contribution in [0.2, 0.25) is 0 Å². The van der Waals surface area contributed by atoms with Crippen LogP contribution >= 0.6 is 0 Å². The van der Waals surface area contributed by atoms with Crippen molar-refractivity contribution in [2.24, 2.45) is 5.73 Å². The number of nitrogens with one attached hydrogen (secondary N) is 1. The largest absolute Gasteiger partial charge is 0.444 e. The van der Waals surface area contributed by atoms with Crippen LogP contribution in [-0.2, 0) is 4.74 Å². The molecule has 0 radical (unpaired) electrons. The van der Waals surface area contributed by atoms with Crippen molar-refractivity contribution in [1.82, 2.24) is 4.90 Å². The van der Waals surface area contributed by atoms with Gasteiger partial charge in [0.15, 0.2) is 0 Å². The second kappa shape index (κ2) is 7.79. The molecule has 22 heavy (non-hydrogen) atoms. The van der Waals surface area contributed by atoms with Gasteiger partial charge in [-0.15, -0.1) is 0 Å². The van der Waals surface area contributed by atoms with Gasteiger partial charge in [-0.05, 0) is 52.0 Å². The third kappa shape index (κ3) is 5.73. The number of ether oxygens (including phenoxy) is 1. The Balaban J connectivity index is 2.70. The summed E-state index contributed by atoms with van der Waals surface area (Å²) >= 11 is 0. The molecule has 1 aromatic rings. The van der Waals surface area contributed by atoms with Gasteiger partial charge in [0.1, 0.15) is 5.60 Å². The SMILES string of the molecule is CCN(CCN)C(=O)c1ccc(NC(=O)OC(C)(C)C)cc1. The number of carbonyl (C=O) groups excluding carboxylic acids is 2. The highest BCUT2D eigenvalue weighted by molar-refractivity contribution is 5.95. The van der Waals surface area contributed by atoms with Crippen LogP contribution in [0.5, 0.6) is 0 Å². The van der Waals surface area contributed by atoms with Crippen molar-refractivity contribution in [2.45, 2.75) is 33.3 Å². The van der Waals surface area contributed by atoms with E-state index in [1.165, 1.54) is 0 Å². The van der Waals surface area contributed by atoms with Crippen LogP contribution in [0, 0.1) is 0 Å². The third-order valence-corrected chi connectivity index (χ3v) is 2.85. The van der Waals surface area contributed by atoms with Gasteiger partial charge in [0.2, 0.25) is 0 Å². The third-order valence-electron chi connectivity index (χ3n) is 2.85. The molecule has 6 nitrogen and oxygen atoms in total. The predicted octanol–water partition coefficient (Wildman–Crippen LogP) is 2.45. The molecule has 0 saturated carbocycles. The Morgan fingerprint density at radius 2 is 1.82 bits per heavy atom. The highest BCUT2D eigenvalue weighted by Gasteiger charge is 2.17. The maximum Gasteiger partial charge on any atom is 0.412 e. The van der Waals surface area contributed by atoms with Gasteiger partial charge in [-0.2, -0.15) is 0 Å². The van der Waals surface area contributed by atoms with E-state index in [1.807, 2.05) is 6.92 Å². The molecule has 0 saturated heterocycles. The molecule has 0 spiro atoms. The first-order valence-electron chi connectivity index (χ1n) is 7.36. The molecule has 1 rings (SSSR count). The number of likely N-dealkylation sites (N-methyl/N-ethyl adjacent to an activating group) is 1. The summed E-state index contributed by atoms with van der Waals surface area (Å²) in [5.74, 6) is -0.0724. The quantitative estimate of drug-likeness (QED) is 0.875. The fraction of sp³-hybridized carbons (Fsp3) is 0.500. The molecular formula is C16H25N3O3. The molecule has 0 aromatic heterocycles. The van der Waals surface area contributed by atoms with E-state index in [-0.39, 0.29) is 5.91 Å². The number of hydrogen-bond donors (Lipinski definition) is 2. The summed E-state index contributed by atoms with van der Waals surface area (Å²) < 4.78 is 5.17. The summed E-state index contributed by atoms with van der Waals surface area (Å²) in [6.45, 7) is 8.85. The van der Waals surface area contributed by atoms with Crippen molar-refractivity contribution in [3.05, 3.63) is 29.8 Å². The van der Waals surface area contributed by atoms with E-state index in [2.05, 4.69) is 5.32 Å². The van der Waals surface area contributed by atoms with Gasteiger partial charge in [-0.3, -0.25) is 10.1 Å². The second-order valence-corrected chi connectivity index (χ2v) is 5.88. The van der Waals surface area contributed by atoms with Crippen molar-refractivity contribution in [1.29, 1.82) is 0 Å². The minimum absolute atomic E-state index is 0.0724. The number of hydrogen-bond acceptors (Lipinski definition) is 4. The number of nitrogens with two attached hydrogens (primary N) is 1. The minimum Gasteiger partial charge on any atom is -0.444 e. The number of rotatable bonds is 5. The standard InChI is InChI=1S/C16H25N3O3/c1-5-19(11-10-17)14(20)12-6-8-13(9-7-12)18-15(21)22-16(2,3)4/h6-9H,5,10-11,17H2,1-4H3,(H,18,21). The van der Waals surface area contributed by atoms with Crippen LogP contribution in [0.1, 0.15) is 38.1 Å². The maximum absolute atomic E-state index is 12.2. The van der Waals surface area contributed by atoms with Crippen LogP contribution in [0.4, 0.5) is 10.5 Å². The van der Waals surface area contributed by atoms with Gasteiger partial charge < -0.3 is 15.4 Å². The van der Waals surface area contributed by atoms with Gasteiger partial charge in [0.25, 0.3) is 5.91 Å². The summed E-state index contributed by atoms with van der Waals surface area (Å²) in [4.78, 5) is 25.6. The zero-order valence-corrected chi connectivity index (χ0v) is 13.7. The van der Waals surface area contributed by atoms with E-state index < -0.39 is 11.7 Å². The smallest absolute Gasteiger partial charge is 0.412 e. The molecule has 0 fully saturated rings. The highest BCUT2D eigenvalue weighted by atomic mass is 16.6. The Morgan fingerprint density at radius 3 is 2.27 bits per heavy atom. The van der Waals surface area contributed by atoms with Crippen LogP contribution in [-0.4, -0.2) is 42.1 Å². The molecule has 0 heterocycles. The molecule has 0 unspecified atom stereocenters. The molecule has 3 N–H and O–H groups in total. The average molecular weight is 307 g/mol. The van der Waals surface area contributed by atoms with Crippen molar-refractivity contribution >= 4 is 17.7 Å². The molecule has 6 heteroatoms. The molecule has 0 aliphatic heterocycles. The van der Waals surface area contributed by atoms with Crippen molar-refractivity contribution in [2.75, 3.05) is 25.0 Å². The van der Waals surface area contributed by atoms with E-state index in [0.29, 0.717) is 30.9 Å². The van der Waals surface area contributed by atoms with E-state index in [1.54, 1.807) is 49.9 Å². The molecule has 122 valence electrons. The summed E-state index contributed by atoms with van der Waals surface area (Å²) in [5, 5.41) is 2.63. The first-order chi connectivity index (χ1) is 10.3. The van der Waals surface area contributed by atoms with E-state index in [4.69, 9.17) is 10.5 Å². The molecule has 0 atom stereocenters. The number of benzene rings is 1. The number of carbonyl (C=O) groups is 2. The van der Waals surface area contributed by atoms with Crippen LogP contribution in [0.15, 0.2) is 24.3 Å². The van der Waals surface area contributed by atoms with Crippen LogP contribution in [0.3, 0.4) is 0 Å². The molecule has 2 amide bonds. The Hall–Kier alpha value is -2.08. The summed E-state index contributed by atoms with van der Waals surface area (Å²) in [5.41, 5.74) is 6.08. The van der Waals surface area contributed by atoms with Gasteiger partial charge in [0.05, 0.1) is 0 Å². The van der Waals surface area contributed by atoms with Gasteiger partial charge in [-0.1, -0.05) is 0 Å². The topological polar surface area (TPSA) is 84.7 Å². The Bertz CT molecular complexity index is 506. The number of amides is 2. The average Bonchev–Trinajstić information content (AvgIpc) is 2.42. The van der Waals surface area contributed by atoms with Gasteiger partial charge >= 0.3 is 6.09 Å².